The van der Waals surface area contributed by atoms with Crippen molar-refractivity contribution >= 4 is 33.0 Å². The number of fused-ring (bicyclic) bond motifs is 1. The predicted octanol–water partition coefficient (Wildman–Crippen LogP) is 5.14. The van der Waals surface area contributed by atoms with Crippen LogP contribution in [-0.4, -0.2) is 31.3 Å². The zero-order valence-corrected chi connectivity index (χ0v) is 19.4. The first-order chi connectivity index (χ1) is 16.2. The average Bonchev–Trinajstić information content (AvgIpc) is 3.40. The van der Waals surface area contributed by atoms with Crippen LogP contribution in [0.2, 0.25) is 0 Å². The Balaban J connectivity index is 1.40. The summed E-state index contributed by atoms with van der Waals surface area (Å²) in [5.74, 6) is -2.36. The Morgan fingerprint density at radius 2 is 1.71 bits per heavy atom. The van der Waals surface area contributed by atoms with Gasteiger partial charge in [0.25, 0.3) is 15.9 Å². The van der Waals surface area contributed by atoms with Gasteiger partial charge in [-0.25, -0.2) is 17.2 Å². The van der Waals surface area contributed by atoms with Gasteiger partial charge >= 0.3 is 0 Å². The number of hydrogen-bond acceptors (Lipinski definition) is 5. The lowest BCUT2D eigenvalue weighted by Gasteiger charge is -2.09. The van der Waals surface area contributed by atoms with Gasteiger partial charge in [0.15, 0.2) is 11.6 Å². The van der Waals surface area contributed by atoms with E-state index in [9.17, 15) is 22.0 Å². The second kappa shape index (κ2) is 8.30. The lowest BCUT2D eigenvalue weighted by atomic mass is 10.1. The SMILES string of the molecule is CN1Cc2cc(-c3ccc(-c4cncc(NS(=O)(=O)c5ccc(F)c(F)c5)c4)s3)ccc2C1=O. The molecule has 1 N–H and O–H groups in total. The van der Waals surface area contributed by atoms with Crippen molar-refractivity contribution in [2.45, 2.75) is 11.4 Å². The van der Waals surface area contributed by atoms with Crippen LogP contribution in [0.1, 0.15) is 15.9 Å². The molecule has 0 unspecified atom stereocenters. The topological polar surface area (TPSA) is 79.4 Å². The summed E-state index contributed by atoms with van der Waals surface area (Å²) in [5, 5.41) is 0. The first-order valence-electron chi connectivity index (χ1n) is 10.1. The third kappa shape index (κ3) is 4.06. The minimum atomic E-state index is -4.13. The highest BCUT2D eigenvalue weighted by Gasteiger charge is 2.24. The number of carbonyl (C=O) groups excluding carboxylic acids is 1. The molecular weight excluding hydrogens is 480 g/mol. The van der Waals surface area contributed by atoms with Gasteiger partial charge in [0.05, 0.1) is 16.8 Å². The number of sulfonamides is 1. The number of benzene rings is 2. The van der Waals surface area contributed by atoms with Crippen LogP contribution in [0.25, 0.3) is 20.9 Å². The van der Waals surface area contributed by atoms with Gasteiger partial charge in [0, 0.05) is 40.7 Å². The van der Waals surface area contributed by atoms with Crippen LogP contribution in [0.5, 0.6) is 0 Å². The lowest BCUT2D eigenvalue weighted by molar-refractivity contribution is 0.0816. The normalized spacial score (nSPS) is 13.3. The molecule has 0 saturated heterocycles. The smallest absolute Gasteiger partial charge is 0.262 e. The van der Waals surface area contributed by atoms with Crippen LogP contribution in [-0.2, 0) is 16.6 Å². The fourth-order valence-corrected chi connectivity index (χ4v) is 5.79. The van der Waals surface area contributed by atoms with E-state index in [-0.39, 0.29) is 11.6 Å². The van der Waals surface area contributed by atoms with Crippen molar-refractivity contribution in [3.05, 3.63) is 89.8 Å². The molecule has 0 fully saturated rings. The van der Waals surface area contributed by atoms with Crippen LogP contribution in [0, 0.1) is 11.6 Å². The number of pyridine rings is 1. The summed E-state index contributed by atoms with van der Waals surface area (Å²) >= 11 is 1.51. The van der Waals surface area contributed by atoms with Crippen LogP contribution >= 0.6 is 11.3 Å². The van der Waals surface area contributed by atoms with Gasteiger partial charge in [-0.2, -0.15) is 0 Å². The van der Waals surface area contributed by atoms with Crippen molar-refractivity contribution in [2.24, 2.45) is 0 Å². The van der Waals surface area contributed by atoms with E-state index < -0.39 is 26.6 Å². The summed E-state index contributed by atoms with van der Waals surface area (Å²) in [7, 11) is -2.36. The Hall–Kier alpha value is -3.63. The first kappa shape index (κ1) is 22.2. The summed E-state index contributed by atoms with van der Waals surface area (Å²) in [6, 6.07) is 13.6. The highest BCUT2D eigenvalue weighted by molar-refractivity contribution is 7.92. The highest BCUT2D eigenvalue weighted by Crippen LogP contribution is 2.37. The van der Waals surface area contributed by atoms with E-state index in [1.165, 1.54) is 17.5 Å². The van der Waals surface area contributed by atoms with E-state index in [4.69, 9.17) is 0 Å². The van der Waals surface area contributed by atoms with E-state index in [2.05, 4.69) is 9.71 Å². The average molecular weight is 498 g/mol. The largest absolute Gasteiger partial charge is 0.337 e. The van der Waals surface area contributed by atoms with Crippen LogP contribution < -0.4 is 4.72 Å². The number of amides is 1. The van der Waals surface area contributed by atoms with Crippen molar-refractivity contribution in [2.75, 3.05) is 11.8 Å². The zero-order valence-electron chi connectivity index (χ0n) is 17.7. The molecule has 34 heavy (non-hydrogen) atoms. The lowest BCUT2D eigenvalue weighted by Crippen LogP contribution is -2.17. The highest BCUT2D eigenvalue weighted by atomic mass is 32.2. The molecule has 1 aliphatic heterocycles. The maximum Gasteiger partial charge on any atom is 0.262 e. The number of anilines is 1. The molecule has 2 aromatic heterocycles. The maximum absolute atomic E-state index is 13.5. The third-order valence-corrected chi connectivity index (χ3v) is 8.02. The van der Waals surface area contributed by atoms with E-state index >= 15 is 0 Å². The van der Waals surface area contributed by atoms with E-state index in [1.54, 1.807) is 24.2 Å². The van der Waals surface area contributed by atoms with Crippen molar-refractivity contribution in [1.29, 1.82) is 0 Å². The number of halogens is 2. The van der Waals surface area contributed by atoms with Gasteiger partial charge in [-0.15, -0.1) is 11.3 Å². The van der Waals surface area contributed by atoms with E-state index in [0.717, 1.165) is 33.0 Å². The third-order valence-electron chi connectivity index (χ3n) is 5.46. The molecule has 2 aromatic carbocycles. The monoisotopic (exact) mass is 497 g/mol. The van der Waals surface area contributed by atoms with Gasteiger partial charge in [0.1, 0.15) is 0 Å². The van der Waals surface area contributed by atoms with E-state index in [1.807, 2.05) is 30.3 Å². The number of nitrogens with one attached hydrogen (secondary N) is 1. The Labute approximate surface area is 198 Å². The Morgan fingerprint density at radius 1 is 0.941 bits per heavy atom. The van der Waals surface area contributed by atoms with Crippen molar-refractivity contribution in [3.8, 4) is 20.9 Å². The first-order valence-corrected chi connectivity index (χ1v) is 12.4. The van der Waals surface area contributed by atoms with Gasteiger partial charge in [0.2, 0.25) is 0 Å². The minimum absolute atomic E-state index is 0.0159. The molecule has 172 valence electrons. The second-order valence-corrected chi connectivity index (χ2v) is 10.6. The molecule has 6 nitrogen and oxygen atoms in total. The predicted molar refractivity (Wildman–Crippen MR) is 126 cm³/mol. The van der Waals surface area contributed by atoms with Crippen molar-refractivity contribution < 1.29 is 22.0 Å². The molecule has 0 atom stereocenters. The number of aromatic nitrogens is 1. The van der Waals surface area contributed by atoms with Gasteiger partial charge in [-0.3, -0.25) is 14.5 Å². The molecule has 0 aliphatic carbocycles. The fraction of sp³-hybridized carbons (Fsp3) is 0.0833. The summed E-state index contributed by atoms with van der Waals surface area (Å²) < 4.78 is 54.2. The molecule has 0 spiro atoms. The molecule has 1 amide bonds. The molecule has 4 aromatic rings. The number of nitrogens with zero attached hydrogens (tertiary/aromatic N) is 2. The molecule has 0 radical (unpaired) electrons. The number of thiophene rings is 1. The molecule has 3 heterocycles. The molecule has 10 heteroatoms. The Bertz CT molecular complexity index is 1550. The van der Waals surface area contributed by atoms with Gasteiger partial charge < -0.3 is 4.90 Å². The summed E-state index contributed by atoms with van der Waals surface area (Å²) in [6.45, 7) is 0.574. The van der Waals surface area contributed by atoms with Gasteiger partial charge in [-0.05, 0) is 59.7 Å². The van der Waals surface area contributed by atoms with Crippen LogP contribution in [0.4, 0.5) is 14.5 Å². The number of hydrogen-bond donors (Lipinski definition) is 1. The standard InChI is InChI=1S/C24H17F2N3O3S2/c1-29-13-16-8-14(2-4-19(16)24(29)30)22-6-7-23(33-22)15-9-17(12-27-11-15)28-34(31,32)18-3-5-20(25)21(26)10-18/h2-12,28H,13H2,1H3. The van der Waals surface area contributed by atoms with Crippen molar-refractivity contribution in [3.63, 3.8) is 0 Å². The van der Waals surface area contributed by atoms with Crippen LogP contribution in [0.3, 0.4) is 0 Å². The van der Waals surface area contributed by atoms with Crippen molar-refractivity contribution in [1.82, 2.24) is 9.88 Å². The maximum atomic E-state index is 13.5. The van der Waals surface area contributed by atoms with Gasteiger partial charge in [-0.1, -0.05) is 6.07 Å². The summed E-state index contributed by atoms with van der Waals surface area (Å²) in [6.07, 6.45) is 2.95. The zero-order chi connectivity index (χ0) is 24.0. The molecular formula is C24H17F2N3O3S2. The fourth-order valence-electron chi connectivity index (χ4n) is 3.76. The van der Waals surface area contributed by atoms with Crippen LogP contribution in [0.15, 0.2) is 71.9 Å². The molecule has 0 bridgehead atoms. The number of rotatable bonds is 5. The molecule has 1 aliphatic rings. The summed E-state index contributed by atoms with van der Waals surface area (Å²) in [5.41, 5.74) is 3.57. The number of carbonyl (C=O) groups is 1. The molecule has 0 saturated carbocycles. The Kier molecular flexibility index (Phi) is 5.41. The minimum Gasteiger partial charge on any atom is -0.337 e. The van der Waals surface area contributed by atoms with E-state index in [0.29, 0.717) is 23.7 Å². The Morgan fingerprint density at radius 3 is 2.47 bits per heavy atom. The second-order valence-electron chi connectivity index (χ2n) is 7.84. The molecule has 5 rings (SSSR count). The quantitative estimate of drug-likeness (QED) is 0.414. The summed E-state index contributed by atoms with van der Waals surface area (Å²) in [4.78, 5) is 19.4.